The summed E-state index contributed by atoms with van der Waals surface area (Å²) in [6.45, 7) is 0. The van der Waals surface area contributed by atoms with Crippen molar-refractivity contribution in [3.63, 3.8) is 0 Å². The van der Waals surface area contributed by atoms with Crippen molar-refractivity contribution in [2.45, 2.75) is 5.92 Å². The lowest BCUT2D eigenvalue weighted by molar-refractivity contribution is -0.115. The first kappa shape index (κ1) is 17.8. The predicted octanol–water partition coefficient (Wildman–Crippen LogP) is 4.56. The number of methoxy groups -OCH3 is 2. The van der Waals surface area contributed by atoms with E-state index in [1.165, 1.54) is 0 Å². The lowest BCUT2D eigenvalue weighted by atomic mass is 9.90. The molecule has 140 valence electrons. The van der Waals surface area contributed by atoms with Gasteiger partial charge in [-0.1, -0.05) is 48.5 Å². The molecule has 28 heavy (non-hydrogen) atoms. The molecule has 0 aliphatic carbocycles. The van der Waals surface area contributed by atoms with Crippen LogP contribution in [0.5, 0.6) is 11.5 Å². The first-order valence-electron chi connectivity index (χ1n) is 8.97. The lowest BCUT2D eigenvalue weighted by Crippen LogP contribution is -2.22. The summed E-state index contributed by atoms with van der Waals surface area (Å²) in [5, 5.41) is 2.95. The largest absolute Gasteiger partial charge is 0.493 e. The Kier molecular flexibility index (Phi) is 4.81. The summed E-state index contributed by atoms with van der Waals surface area (Å²) in [5.41, 5.74) is 3.91. The maximum Gasteiger partial charge on any atom is 0.238 e. The monoisotopic (exact) mass is 372 g/mol. The molecule has 0 aromatic heterocycles. The van der Waals surface area contributed by atoms with Crippen LogP contribution in [0.25, 0.3) is 0 Å². The molecule has 4 rings (SSSR count). The molecule has 0 saturated heterocycles. The van der Waals surface area contributed by atoms with Gasteiger partial charge in [0.2, 0.25) is 5.91 Å². The van der Waals surface area contributed by atoms with Gasteiger partial charge in [-0.05, 0) is 29.3 Å². The molecular formula is C23H20N2O3. The molecule has 0 bridgehead atoms. The standard InChI is InChI=1S/C23H20N2O3/c1-27-19-13-17-18(14-20(19)28-2)25-23(26)21(17)22(15-9-5-3-6-10-15)24-16-11-7-4-8-12-16/h3-14,21H,1-2H3,(H,25,26). The smallest absolute Gasteiger partial charge is 0.238 e. The Labute approximate surface area is 163 Å². The summed E-state index contributed by atoms with van der Waals surface area (Å²) < 4.78 is 10.8. The van der Waals surface area contributed by atoms with Gasteiger partial charge >= 0.3 is 0 Å². The highest BCUT2D eigenvalue weighted by Crippen LogP contribution is 2.42. The molecule has 0 radical (unpaired) electrons. The van der Waals surface area contributed by atoms with E-state index in [-0.39, 0.29) is 5.91 Å². The zero-order chi connectivity index (χ0) is 19.5. The average molecular weight is 372 g/mol. The lowest BCUT2D eigenvalue weighted by Gasteiger charge is -2.15. The third-order valence-electron chi connectivity index (χ3n) is 4.74. The fourth-order valence-electron chi connectivity index (χ4n) is 3.41. The summed E-state index contributed by atoms with van der Waals surface area (Å²) in [7, 11) is 3.16. The van der Waals surface area contributed by atoms with Crippen molar-refractivity contribution in [1.29, 1.82) is 0 Å². The number of carbonyl (C=O) groups excluding carboxylic acids is 1. The Morgan fingerprint density at radius 2 is 1.50 bits per heavy atom. The van der Waals surface area contributed by atoms with E-state index in [4.69, 9.17) is 14.5 Å². The molecular weight excluding hydrogens is 352 g/mol. The van der Waals surface area contributed by atoms with Gasteiger partial charge in [0.25, 0.3) is 0 Å². The molecule has 1 aliphatic heterocycles. The zero-order valence-electron chi connectivity index (χ0n) is 15.7. The van der Waals surface area contributed by atoms with Crippen molar-refractivity contribution in [2.75, 3.05) is 19.5 Å². The highest BCUT2D eigenvalue weighted by atomic mass is 16.5. The van der Waals surface area contributed by atoms with Crippen LogP contribution in [0.3, 0.4) is 0 Å². The van der Waals surface area contributed by atoms with Gasteiger partial charge in [0, 0.05) is 11.8 Å². The Morgan fingerprint density at radius 3 is 2.14 bits per heavy atom. The summed E-state index contributed by atoms with van der Waals surface area (Å²) in [4.78, 5) is 17.8. The van der Waals surface area contributed by atoms with E-state index in [0.29, 0.717) is 22.9 Å². The number of para-hydroxylation sites is 1. The second-order valence-corrected chi connectivity index (χ2v) is 6.42. The maximum absolute atomic E-state index is 13.0. The number of fused-ring (bicyclic) bond motifs is 1. The summed E-state index contributed by atoms with van der Waals surface area (Å²) in [6, 6.07) is 23.0. The summed E-state index contributed by atoms with van der Waals surface area (Å²) in [6.07, 6.45) is 0. The van der Waals surface area contributed by atoms with E-state index in [2.05, 4.69) is 5.32 Å². The quantitative estimate of drug-likeness (QED) is 0.668. The first-order chi connectivity index (χ1) is 13.7. The number of benzene rings is 3. The predicted molar refractivity (Wildman–Crippen MR) is 110 cm³/mol. The van der Waals surface area contributed by atoms with Gasteiger partial charge < -0.3 is 14.8 Å². The van der Waals surface area contributed by atoms with Gasteiger partial charge in [-0.3, -0.25) is 9.79 Å². The summed E-state index contributed by atoms with van der Waals surface area (Å²) >= 11 is 0. The van der Waals surface area contributed by atoms with Crippen LogP contribution in [0.1, 0.15) is 17.0 Å². The first-order valence-corrected chi connectivity index (χ1v) is 8.97. The topological polar surface area (TPSA) is 59.9 Å². The van der Waals surface area contributed by atoms with Crippen molar-refractivity contribution in [1.82, 2.24) is 0 Å². The van der Waals surface area contributed by atoms with Gasteiger partial charge in [-0.2, -0.15) is 0 Å². The van der Waals surface area contributed by atoms with Gasteiger partial charge in [-0.15, -0.1) is 0 Å². The highest BCUT2D eigenvalue weighted by molar-refractivity contribution is 6.24. The van der Waals surface area contributed by atoms with Crippen molar-refractivity contribution in [3.05, 3.63) is 83.9 Å². The Hall–Kier alpha value is -3.60. The molecule has 1 N–H and O–H groups in total. The van der Waals surface area contributed by atoms with Crippen LogP contribution in [0.2, 0.25) is 0 Å². The Bertz CT molecular complexity index is 1030. The molecule has 1 unspecified atom stereocenters. The zero-order valence-corrected chi connectivity index (χ0v) is 15.7. The molecule has 3 aromatic carbocycles. The average Bonchev–Trinajstić information content (AvgIpc) is 3.06. The van der Waals surface area contributed by atoms with Crippen LogP contribution in [0, 0.1) is 0 Å². The van der Waals surface area contributed by atoms with Gasteiger partial charge in [0.15, 0.2) is 11.5 Å². The minimum Gasteiger partial charge on any atom is -0.493 e. The number of anilines is 1. The minimum absolute atomic E-state index is 0.121. The number of carbonyl (C=O) groups is 1. The molecule has 5 nitrogen and oxygen atoms in total. The minimum atomic E-state index is -0.544. The highest BCUT2D eigenvalue weighted by Gasteiger charge is 2.36. The maximum atomic E-state index is 13.0. The van der Waals surface area contributed by atoms with Crippen LogP contribution >= 0.6 is 0 Å². The molecule has 1 amide bonds. The number of rotatable bonds is 5. The van der Waals surface area contributed by atoms with E-state index < -0.39 is 5.92 Å². The fourth-order valence-corrected chi connectivity index (χ4v) is 3.41. The number of aliphatic imine (C=N–C) groups is 1. The number of nitrogens with one attached hydrogen (secondary N) is 1. The third-order valence-corrected chi connectivity index (χ3v) is 4.74. The molecule has 1 aliphatic rings. The second kappa shape index (κ2) is 7.56. The van der Waals surface area contributed by atoms with E-state index in [0.717, 1.165) is 16.8 Å². The molecule has 0 fully saturated rings. The Morgan fingerprint density at radius 1 is 0.893 bits per heavy atom. The molecule has 1 heterocycles. The SMILES string of the molecule is COc1cc2c(cc1OC)C(C(=Nc1ccccc1)c1ccccc1)C(=O)N2. The van der Waals surface area contributed by atoms with Gasteiger partial charge in [0.05, 0.1) is 25.6 Å². The van der Waals surface area contributed by atoms with E-state index >= 15 is 0 Å². The van der Waals surface area contributed by atoms with Crippen LogP contribution in [-0.2, 0) is 4.79 Å². The Balaban J connectivity index is 1.89. The van der Waals surface area contributed by atoms with Crippen LogP contribution < -0.4 is 14.8 Å². The van der Waals surface area contributed by atoms with Crippen LogP contribution in [0.4, 0.5) is 11.4 Å². The molecule has 3 aromatic rings. The van der Waals surface area contributed by atoms with Crippen molar-refractivity contribution < 1.29 is 14.3 Å². The van der Waals surface area contributed by atoms with Crippen molar-refractivity contribution in [2.24, 2.45) is 4.99 Å². The van der Waals surface area contributed by atoms with Gasteiger partial charge in [-0.25, -0.2) is 0 Å². The third kappa shape index (κ3) is 3.22. The fraction of sp³-hybridized carbons (Fsp3) is 0.130. The van der Waals surface area contributed by atoms with Crippen LogP contribution in [-0.4, -0.2) is 25.8 Å². The number of nitrogens with zero attached hydrogens (tertiary/aromatic N) is 1. The number of amides is 1. The summed E-state index contributed by atoms with van der Waals surface area (Å²) in [5.74, 6) is 0.486. The molecule has 0 spiro atoms. The van der Waals surface area contributed by atoms with E-state index in [9.17, 15) is 4.79 Å². The van der Waals surface area contributed by atoms with Crippen LogP contribution in [0.15, 0.2) is 77.8 Å². The van der Waals surface area contributed by atoms with Crippen molar-refractivity contribution in [3.8, 4) is 11.5 Å². The van der Waals surface area contributed by atoms with Crippen molar-refractivity contribution >= 4 is 23.0 Å². The molecule has 0 saturated carbocycles. The number of hydrogen-bond donors (Lipinski definition) is 1. The van der Waals surface area contributed by atoms with E-state index in [1.807, 2.05) is 66.7 Å². The molecule has 5 heteroatoms. The normalized spacial score (nSPS) is 15.7. The number of hydrogen-bond acceptors (Lipinski definition) is 4. The van der Waals surface area contributed by atoms with E-state index in [1.54, 1.807) is 20.3 Å². The molecule has 1 atom stereocenters. The van der Waals surface area contributed by atoms with Gasteiger partial charge in [0.1, 0.15) is 5.92 Å². The second-order valence-electron chi connectivity index (χ2n) is 6.42. The number of ether oxygens (including phenoxy) is 2.